The summed E-state index contributed by atoms with van der Waals surface area (Å²) in [5.74, 6) is -0.0639. The Hall–Kier alpha value is -4.02. The Bertz CT molecular complexity index is 1540. The number of fused-ring (bicyclic) bond motifs is 4. The quantitative estimate of drug-likeness (QED) is 0.208. The lowest BCUT2D eigenvalue weighted by atomic mass is 9.66. The molecule has 6 rings (SSSR count). The van der Waals surface area contributed by atoms with Gasteiger partial charge in [0.15, 0.2) is 5.78 Å². The molecule has 2 aliphatic rings. The average Bonchev–Trinajstić information content (AvgIpc) is 3.15. The van der Waals surface area contributed by atoms with Crippen molar-refractivity contribution in [3.8, 4) is 0 Å². The van der Waals surface area contributed by atoms with Crippen LogP contribution in [0.4, 0.5) is 0 Å². The van der Waals surface area contributed by atoms with E-state index in [1.54, 1.807) is 0 Å². The molecule has 2 aliphatic carbocycles. The van der Waals surface area contributed by atoms with E-state index in [1.807, 2.05) is 37.3 Å². The minimum Gasteiger partial charge on any atom is -0.466 e. The topological polar surface area (TPSA) is 55.4 Å². The van der Waals surface area contributed by atoms with Crippen LogP contribution in [0.3, 0.4) is 0 Å². The van der Waals surface area contributed by atoms with Gasteiger partial charge in [-0.2, -0.15) is 0 Å². The van der Waals surface area contributed by atoms with E-state index in [4.69, 9.17) is 4.74 Å². The number of Topliss-reactive ketones (excluding diaryl/α,β-unsaturated/α-hetero) is 1. The first kappa shape index (κ1) is 26.2. The Morgan fingerprint density at radius 3 is 1.88 bits per heavy atom. The fourth-order valence-corrected chi connectivity index (χ4v) is 7.20. The van der Waals surface area contributed by atoms with E-state index < -0.39 is 0 Å². The number of esters is 1. The van der Waals surface area contributed by atoms with Gasteiger partial charge in [0.05, 0.1) is 13.2 Å². The van der Waals surface area contributed by atoms with Crippen LogP contribution in [-0.4, -0.2) is 31.4 Å². The molecule has 2 unspecified atom stereocenters. The van der Waals surface area contributed by atoms with E-state index in [2.05, 4.69) is 78.1 Å². The molecule has 2 atom stereocenters. The monoisotopic (exact) mass is 529 g/mol. The van der Waals surface area contributed by atoms with Crippen LogP contribution in [0.15, 0.2) is 103 Å². The molecular weight excluding hydrogens is 494 g/mol. The van der Waals surface area contributed by atoms with E-state index in [-0.39, 0.29) is 29.1 Å². The maximum atomic E-state index is 13.1. The molecule has 4 heteroatoms. The Kier molecular flexibility index (Phi) is 7.12. The van der Waals surface area contributed by atoms with Gasteiger partial charge < -0.3 is 10.1 Å². The fourth-order valence-electron chi connectivity index (χ4n) is 7.20. The Morgan fingerprint density at radius 1 is 0.700 bits per heavy atom. The molecule has 0 spiro atoms. The summed E-state index contributed by atoms with van der Waals surface area (Å²) >= 11 is 0. The number of ketones is 1. The molecule has 0 radical (unpaired) electrons. The second-order valence-electron chi connectivity index (χ2n) is 11.1. The van der Waals surface area contributed by atoms with Gasteiger partial charge in [-0.15, -0.1) is 0 Å². The van der Waals surface area contributed by atoms with Gasteiger partial charge in [-0.25, -0.2) is 0 Å². The number of nitrogens with one attached hydrogen (secondary N) is 1. The Balaban J connectivity index is 1.50. The number of hydrogen-bond acceptors (Lipinski definition) is 4. The SMILES string of the molecule is CCOC(=O)CCC12Cc3ccccc3C(CNCC(=O)c3ccccc3)(Cc3ccccc31)c1ccccc12. The summed E-state index contributed by atoms with van der Waals surface area (Å²) in [5, 5.41) is 3.59. The first-order valence-electron chi connectivity index (χ1n) is 14.3. The van der Waals surface area contributed by atoms with Gasteiger partial charge in [-0.3, -0.25) is 9.59 Å². The minimum absolute atomic E-state index is 0.0880. The number of benzene rings is 4. The van der Waals surface area contributed by atoms with Crippen molar-refractivity contribution in [3.63, 3.8) is 0 Å². The zero-order chi connectivity index (χ0) is 27.6. The molecule has 0 aliphatic heterocycles. The van der Waals surface area contributed by atoms with Crippen LogP contribution in [-0.2, 0) is 33.2 Å². The molecule has 1 N–H and O–H groups in total. The molecule has 0 saturated carbocycles. The first-order valence-corrected chi connectivity index (χ1v) is 14.3. The predicted octanol–water partition coefficient (Wildman–Crippen LogP) is 6.19. The van der Waals surface area contributed by atoms with Crippen molar-refractivity contribution in [2.24, 2.45) is 0 Å². The number of carbonyl (C=O) groups excluding carboxylic acids is 2. The molecule has 0 amide bonds. The summed E-state index contributed by atoms with van der Waals surface area (Å²) in [7, 11) is 0. The van der Waals surface area contributed by atoms with E-state index >= 15 is 0 Å². The predicted molar refractivity (Wildman–Crippen MR) is 158 cm³/mol. The molecule has 0 aromatic heterocycles. The zero-order valence-electron chi connectivity index (χ0n) is 23.0. The second-order valence-corrected chi connectivity index (χ2v) is 11.1. The van der Waals surface area contributed by atoms with Gasteiger partial charge in [-0.05, 0) is 59.6 Å². The summed E-state index contributed by atoms with van der Waals surface area (Å²) in [6.07, 6.45) is 2.64. The molecule has 4 nitrogen and oxygen atoms in total. The van der Waals surface area contributed by atoms with E-state index in [0.717, 1.165) is 18.4 Å². The normalized spacial score (nSPS) is 20.4. The zero-order valence-corrected chi connectivity index (χ0v) is 23.0. The Morgan fingerprint density at radius 2 is 1.23 bits per heavy atom. The molecule has 0 fully saturated rings. The molecule has 4 aromatic carbocycles. The smallest absolute Gasteiger partial charge is 0.305 e. The average molecular weight is 530 g/mol. The van der Waals surface area contributed by atoms with Crippen molar-refractivity contribution in [1.82, 2.24) is 5.32 Å². The van der Waals surface area contributed by atoms with Gasteiger partial charge in [0, 0.05) is 29.4 Å². The van der Waals surface area contributed by atoms with Crippen LogP contribution < -0.4 is 5.32 Å². The van der Waals surface area contributed by atoms with Gasteiger partial charge in [0.2, 0.25) is 0 Å². The van der Waals surface area contributed by atoms with E-state index in [9.17, 15) is 9.59 Å². The number of rotatable bonds is 9. The molecular formula is C36H35NO3. The van der Waals surface area contributed by atoms with Crippen LogP contribution in [0.2, 0.25) is 0 Å². The third-order valence-corrected chi connectivity index (χ3v) is 8.88. The fraction of sp³-hybridized carbons (Fsp3) is 0.278. The van der Waals surface area contributed by atoms with Crippen LogP contribution >= 0.6 is 0 Å². The summed E-state index contributed by atoms with van der Waals surface area (Å²) in [6, 6.07) is 35.8. The molecule has 4 aromatic rings. The first-order chi connectivity index (χ1) is 19.6. The van der Waals surface area contributed by atoms with Crippen molar-refractivity contribution < 1.29 is 14.3 Å². The van der Waals surface area contributed by atoms with Crippen molar-refractivity contribution >= 4 is 11.8 Å². The Labute approximate surface area is 236 Å². The lowest BCUT2D eigenvalue weighted by Gasteiger charge is -2.38. The maximum Gasteiger partial charge on any atom is 0.305 e. The maximum absolute atomic E-state index is 13.1. The van der Waals surface area contributed by atoms with Crippen LogP contribution in [0.25, 0.3) is 0 Å². The largest absolute Gasteiger partial charge is 0.466 e. The molecule has 40 heavy (non-hydrogen) atoms. The molecule has 0 heterocycles. The van der Waals surface area contributed by atoms with Crippen molar-refractivity contribution in [2.45, 2.75) is 43.4 Å². The summed E-state index contributed by atoms with van der Waals surface area (Å²) < 4.78 is 5.39. The van der Waals surface area contributed by atoms with Gasteiger partial charge in [0.25, 0.3) is 0 Å². The van der Waals surface area contributed by atoms with Crippen LogP contribution in [0.1, 0.15) is 63.5 Å². The molecule has 0 saturated heterocycles. The lowest BCUT2D eigenvalue weighted by molar-refractivity contribution is -0.143. The minimum atomic E-state index is -0.373. The summed E-state index contributed by atoms with van der Waals surface area (Å²) in [6.45, 7) is 3.14. The summed E-state index contributed by atoms with van der Waals surface area (Å²) in [4.78, 5) is 25.8. The number of ether oxygens (including phenoxy) is 1. The van der Waals surface area contributed by atoms with E-state index in [1.165, 1.54) is 33.4 Å². The molecule has 2 bridgehead atoms. The third kappa shape index (κ3) is 4.47. The second kappa shape index (κ2) is 10.9. The van der Waals surface area contributed by atoms with Crippen LogP contribution in [0.5, 0.6) is 0 Å². The highest BCUT2D eigenvalue weighted by atomic mass is 16.5. The van der Waals surface area contributed by atoms with Crippen molar-refractivity contribution in [1.29, 1.82) is 0 Å². The van der Waals surface area contributed by atoms with Gasteiger partial charge >= 0.3 is 5.97 Å². The van der Waals surface area contributed by atoms with E-state index in [0.29, 0.717) is 26.0 Å². The van der Waals surface area contributed by atoms with Crippen molar-refractivity contribution in [3.05, 3.63) is 142 Å². The highest BCUT2D eigenvalue weighted by Crippen LogP contribution is 2.55. The summed E-state index contributed by atoms with van der Waals surface area (Å²) in [5.41, 5.74) is 7.73. The molecule has 202 valence electrons. The highest BCUT2D eigenvalue weighted by molar-refractivity contribution is 5.97. The van der Waals surface area contributed by atoms with Gasteiger partial charge in [-0.1, -0.05) is 103 Å². The van der Waals surface area contributed by atoms with Crippen molar-refractivity contribution in [2.75, 3.05) is 19.7 Å². The van der Waals surface area contributed by atoms with Crippen LogP contribution in [0, 0.1) is 0 Å². The number of carbonyl (C=O) groups is 2. The number of hydrogen-bond donors (Lipinski definition) is 1. The lowest BCUT2D eigenvalue weighted by Crippen LogP contribution is -2.43. The third-order valence-electron chi connectivity index (χ3n) is 8.88. The van der Waals surface area contributed by atoms with Gasteiger partial charge in [0.1, 0.15) is 0 Å². The highest BCUT2D eigenvalue weighted by Gasteiger charge is 2.51. The standard InChI is InChI=1S/C36H35NO3/c1-2-40-34(39)20-21-35-22-27-14-7-9-17-30(27)36(32-19-11-10-18-31(32)35,23-28-15-6-8-16-29(28)35)25-37-24-33(38)26-12-4-3-5-13-26/h3-19,37H,2,20-25H2,1H3.